The maximum Gasteiger partial charge on any atom is 0.305 e. The minimum Gasteiger partial charge on any atom is -0.497 e. The number of ether oxygens (including phenoxy) is 1. The molecule has 0 radical (unpaired) electrons. The third-order valence-electron chi connectivity index (χ3n) is 3.53. The van der Waals surface area contributed by atoms with Gasteiger partial charge in [0.1, 0.15) is 11.3 Å². The van der Waals surface area contributed by atoms with Crippen LogP contribution in [0.5, 0.6) is 5.75 Å². The van der Waals surface area contributed by atoms with E-state index in [1.54, 1.807) is 19.4 Å². The normalized spacial score (nSPS) is 10.6. The summed E-state index contributed by atoms with van der Waals surface area (Å²) in [6, 6.07) is 5.44. The van der Waals surface area contributed by atoms with Crippen LogP contribution in [0, 0.1) is 0 Å². The zero-order valence-corrected chi connectivity index (χ0v) is 12.7. The molecule has 0 spiro atoms. The fourth-order valence-electron chi connectivity index (χ4n) is 2.29. The molecular formula is C16H19NO5. The predicted molar refractivity (Wildman–Crippen MR) is 81.0 cm³/mol. The number of hydrogen-bond donors (Lipinski definition) is 1. The SMILES string of the molecule is CCN(CCC(=O)O)C(=O)Cc1coc2cc(OC)ccc12. The molecule has 0 aliphatic heterocycles. The van der Waals surface area contributed by atoms with Gasteiger partial charge in [0, 0.05) is 30.1 Å². The topological polar surface area (TPSA) is 80.0 Å². The maximum atomic E-state index is 12.3. The summed E-state index contributed by atoms with van der Waals surface area (Å²) in [5.74, 6) is -0.328. The van der Waals surface area contributed by atoms with Crippen LogP contribution in [0.3, 0.4) is 0 Å². The number of amides is 1. The molecule has 1 aromatic heterocycles. The number of hydrogen-bond acceptors (Lipinski definition) is 4. The molecule has 0 aliphatic rings. The molecule has 118 valence electrons. The first-order valence-electron chi connectivity index (χ1n) is 7.08. The van der Waals surface area contributed by atoms with Crippen molar-refractivity contribution in [2.75, 3.05) is 20.2 Å². The number of carboxylic acid groups (broad SMARTS) is 1. The maximum absolute atomic E-state index is 12.3. The second-order valence-corrected chi connectivity index (χ2v) is 4.92. The summed E-state index contributed by atoms with van der Waals surface area (Å²) < 4.78 is 10.6. The lowest BCUT2D eigenvalue weighted by Gasteiger charge is -2.19. The number of methoxy groups -OCH3 is 1. The molecule has 0 saturated carbocycles. The number of fused-ring (bicyclic) bond motifs is 1. The van der Waals surface area contributed by atoms with Crippen molar-refractivity contribution in [2.45, 2.75) is 19.8 Å². The highest BCUT2D eigenvalue weighted by molar-refractivity contribution is 5.88. The van der Waals surface area contributed by atoms with E-state index in [-0.39, 0.29) is 25.3 Å². The van der Waals surface area contributed by atoms with Gasteiger partial charge in [-0.15, -0.1) is 0 Å². The van der Waals surface area contributed by atoms with Crippen molar-refractivity contribution >= 4 is 22.8 Å². The zero-order valence-electron chi connectivity index (χ0n) is 12.7. The van der Waals surface area contributed by atoms with E-state index in [9.17, 15) is 9.59 Å². The highest BCUT2D eigenvalue weighted by atomic mass is 16.5. The van der Waals surface area contributed by atoms with Crippen molar-refractivity contribution in [2.24, 2.45) is 0 Å². The number of nitrogens with zero attached hydrogens (tertiary/aromatic N) is 1. The Morgan fingerprint density at radius 2 is 2.14 bits per heavy atom. The molecule has 2 rings (SSSR count). The Morgan fingerprint density at radius 3 is 2.77 bits per heavy atom. The van der Waals surface area contributed by atoms with Gasteiger partial charge in [0.2, 0.25) is 5.91 Å². The molecule has 0 unspecified atom stereocenters. The van der Waals surface area contributed by atoms with Gasteiger partial charge in [-0.05, 0) is 19.1 Å². The molecule has 0 fully saturated rings. The van der Waals surface area contributed by atoms with Crippen molar-refractivity contribution in [1.29, 1.82) is 0 Å². The number of carboxylic acids is 1. The minimum atomic E-state index is -0.910. The molecule has 2 aromatic rings. The summed E-state index contributed by atoms with van der Waals surface area (Å²) >= 11 is 0. The monoisotopic (exact) mass is 305 g/mol. The Hall–Kier alpha value is -2.50. The fraction of sp³-hybridized carbons (Fsp3) is 0.375. The van der Waals surface area contributed by atoms with E-state index in [2.05, 4.69) is 0 Å². The molecule has 0 atom stereocenters. The Bertz CT molecular complexity index is 676. The van der Waals surface area contributed by atoms with Gasteiger partial charge < -0.3 is 19.2 Å². The van der Waals surface area contributed by atoms with Gasteiger partial charge in [-0.3, -0.25) is 9.59 Å². The summed E-state index contributed by atoms with van der Waals surface area (Å²) in [5.41, 5.74) is 1.45. The first kappa shape index (κ1) is 15.9. The number of likely N-dealkylation sites (N-methyl/N-ethyl adjacent to an activating group) is 1. The molecule has 6 heteroatoms. The van der Waals surface area contributed by atoms with Gasteiger partial charge in [0.25, 0.3) is 0 Å². The van der Waals surface area contributed by atoms with Crippen molar-refractivity contribution < 1.29 is 23.8 Å². The largest absolute Gasteiger partial charge is 0.497 e. The lowest BCUT2D eigenvalue weighted by Crippen LogP contribution is -2.33. The van der Waals surface area contributed by atoms with Gasteiger partial charge in [-0.1, -0.05) is 0 Å². The summed E-state index contributed by atoms with van der Waals surface area (Å²) in [4.78, 5) is 24.5. The molecule has 22 heavy (non-hydrogen) atoms. The summed E-state index contributed by atoms with van der Waals surface area (Å²) in [6.45, 7) is 2.53. The Morgan fingerprint density at radius 1 is 1.36 bits per heavy atom. The first-order valence-corrected chi connectivity index (χ1v) is 7.08. The average Bonchev–Trinajstić information content (AvgIpc) is 2.89. The average molecular weight is 305 g/mol. The first-order chi connectivity index (χ1) is 10.5. The van der Waals surface area contributed by atoms with Crippen LogP contribution in [-0.2, 0) is 16.0 Å². The van der Waals surface area contributed by atoms with Gasteiger partial charge in [0.05, 0.1) is 26.2 Å². The molecule has 1 heterocycles. The van der Waals surface area contributed by atoms with Crippen molar-refractivity contribution in [3.63, 3.8) is 0 Å². The quantitative estimate of drug-likeness (QED) is 0.849. The molecule has 1 N–H and O–H groups in total. The summed E-state index contributed by atoms with van der Waals surface area (Å²) in [6.07, 6.45) is 1.70. The van der Waals surface area contributed by atoms with E-state index in [4.69, 9.17) is 14.3 Å². The van der Waals surface area contributed by atoms with E-state index in [1.807, 2.05) is 19.1 Å². The van der Waals surface area contributed by atoms with Gasteiger partial charge in [0.15, 0.2) is 0 Å². The Kier molecular flexibility index (Phi) is 5.04. The number of aliphatic carboxylic acids is 1. The van der Waals surface area contributed by atoms with E-state index in [0.29, 0.717) is 17.9 Å². The Balaban J connectivity index is 2.12. The molecule has 0 aliphatic carbocycles. The smallest absolute Gasteiger partial charge is 0.305 e. The highest BCUT2D eigenvalue weighted by Gasteiger charge is 2.16. The third-order valence-corrected chi connectivity index (χ3v) is 3.53. The van der Waals surface area contributed by atoms with E-state index in [0.717, 1.165) is 10.9 Å². The highest BCUT2D eigenvalue weighted by Crippen LogP contribution is 2.26. The van der Waals surface area contributed by atoms with Crippen LogP contribution in [-0.4, -0.2) is 42.1 Å². The zero-order chi connectivity index (χ0) is 16.1. The van der Waals surface area contributed by atoms with Crippen molar-refractivity contribution in [3.05, 3.63) is 30.0 Å². The predicted octanol–water partition coefficient (Wildman–Crippen LogP) is 2.31. The van der Waals surface area contributed by atoms with Crippen LogP contribution in [0.4, 0.5) is 0 Å². The summed E-state index contributed by atoms with van der Waals surface area (Å²) in [5, 5.41) is 9.59. The number of carbonyl (C=O) groups excluding carboxylic acids is 1. The van der Waals surface area contributed by atoms with E-state index < -0.39 is 5.97 Å². The number of rotatable bonds is 7. The van der Waals surface area contributed by atoms with Crippen LogP contribution in [0.15, 0.2) is 28.9 Å². The molecule has 0 bridgehead atoms. The van der Waals surface area contributed by atoms with Crippen molar-refractivity contribution in [1.82, 2.24) is 4.90 Å². The number of furan rings is 1. The van der Waals surface area contributed by atoms with Crippen LogP contribution in [0.1, 0.15) is 18.9 Å². The van der Waals surface area contributed by atoms with Crippen molar-refractivity contribution in [3.8, 4) is 5.75 Å². The van der Waals surface area contributed by atoms with Gasteiger partial charge in [-0.25, -0.2) is 0 Å². The second kappa shape index (κ2) is 6.98. The lowest BCUT2D eigenvalue weighted by molar-refractivity contribution is -0.138. The Labute approximate surface area is 128 Å². The molecule has 1 amide bonds. The summed E-state index contributed by atoms with van der Waals surface area (Å²) in [7, 11) is 1.58. The van der Waals surface area contributed by atoms with Gasteiger partial charge >= 0.3 is 5.97 Å². The van der Waals surface area contributed by atoms with E-state index in [1.165, 1.54) is 4.90 Å². The molecule has 0 saturated heterocycles. The fourth-order valence-corrected chi connectivity index (χ4v) is 2.29. The number of carbonyl (C=O) groups is 2. The van der Waals surface area contributed by atoms with Gasteiger partial charge in [-0.2, -0.15) is 0 Å². The van der Waals surface area contributed by atoms with Crippen LogP contribution >= 0.6 is 0 Å². The van der Waals surface area contributed by atoms with Crippen LogP contribution < -0.4 is 4.74 Å². The number of benzene rings is 1. The van der Waals surface area contributed by atoms with E-state index >= 15 is 0 Å². The minimum absolute atomic E-state index is 0.0527. The van der Waals surface area contributed by atoms with Crippen LogP contribution in [0.25, 0.3) is 11.0 Å². The molecule has 1 aromatic carbocycles. The lowest BCUT2D eigenvalue weighted by atomic mass is 10.1. The molecule has 6 nitrogen and oxygen atoms in total. The standard InChI is InChI=1S/C16H19NO5/c1-3-17(7-6-16(19)20)15(18)8-11-10-22-14-9-12(21-2)4-5-13(11)14/h4-5,9-10H,3,6-8H2,1-2H3,(H,19,20). The van der Waals surface area contributed by atoms with Crippen LogP contribution in [0.2, 0.25) is 0 Å². The second-order valence-electron chi connectivity index (χ2n) is 4.92. The third kappa shape index (κ3) is 3.58. The molecular weight excluding hydrogens is 286 g/mol.